The van der Waals surface area contributed by atoms with Crippen LogP contribution in [0.5, 0.6) is 0 Å². The molecular formula is C21H24N2O2. The maximum absolute atomic E-state index is 12.4. The van der Waals surface area contributed by atoms with E-state index in [9.17, 15) is 9.59 Å². The Labute approximate surface area is 147 Å². The van der Waals surface area contributed by atoms with Gasteiger partial charge in [0.1, 0.15) is 0 Å². The highest BCUT2D eigenvalue weighted by Crippen LogP contribution is 2.48. The Morgan fingerprint density at radius 2 is 1.84 bits per heavy atom. The lowest BCUT2D eigenvalue weighted by Gasteiger charge is -2.20. The summed E-state index contributed by atoms with van der Waals surface area (Å²) in [6.45, 7) is 1.15. The van der Waals surface area contributed by atoms with E-state index in [1.165, 1.54) is 19.3 Å². The van der Waals surface area contributed by atoms with Crippen LogP contribution in [0.4, 0.5) is 0 Å². The lowest BCUT2D eigenvalue weighted by Crippen LogP contribution is -2.33. The fourth-order valence-corrected chi connectivity index (χ4v) is 4.44. The number of carbonyl (C=O) groups is 1. The van der Waals surface area contributed by atoms with Crippen molar-refractivity contribution in [2.45, 2.75) is 38.8 Å². The first-order valence-corrected chi connectivity index (χ1v) is 9.20. The molecule has 4 rings (SSSR count). The number of amides is 1. The molecule has 2 fully saturated rings. The largest absolute Gasteiger partial charge is 0.352 e. The molecule has 1 aromatic carbocycles. The lowest BCUT2D eigenvalue weighted by molar-refractivity contribution is -0.126. The van der Waals surface area contributed by atoms with Gasteiger partial charge in [0.2, 0.25) is 5.91 Å². The Bertz CT molecular complexity index is 809. The maximum atomic E-state index is 12.4. The minimum atomic E-state index is 0.00435. The second-order valence-electron chi connectivity index (χ2n) is 7.48. The van der Waals surface area contributed by atoms with Crippen molar-refractivity contribution >= 4 is 5.91 Å². The number of rotatable bonds is 5. The zero-order valence-corrected chi connectivity index (χ0v) is 14.4. The van der Waals surface area contributed by atoms with Gasteiger partial charge in [-0.05, 0) is 48.3 Å². The average Bonchev–Trinajstić information content (AvgIpc) is 3.26. The van der Waals surface area contributed by atoms with Crippen molar-refractivity contribution in [1.82, 2.24) is 9.88 Å². The molecule has 2 bridgehead atoms. The van der Waals surface area contributed by atoms with Crippen LogP contribution in [-0.2, 0) is 17.9 Å². The molecule has 0 radical (unpaired) electrons. The van der Waals surface area contributed by atoms with E-state index in [0.717, 1.165) is 23.5 Å². The highest BCUT2D eigenvalue weighted by Gasteiger charge is 2.42. The number of nitrogens with one attached hydrogen (secondary N) is 1. The Balaban J connectivity index is 1.32. The van der Waals surface area contributed by atoms with Gasteiger partial charge in [-0.25, -0.2) is 0 Å². The molecule has 1 heterocycles. The van der Waals surface area contributed by atoms with E-state index in [1.54, 1.807) is 22.9 Å². The van der Waals surface area contributed by atoms with Gasteiger partial charge in [0.05, 0.1) is 6.54 Å². The SMILES string of the molecule is O=C(NCc1ccc(Cn2ccccc2=O)cc1)C1CC2CCC1C2. The first-order valence-electron chi connectivity index (χ1n) is 9.20. The van der Waals surface area contributed by atoms with Gasteiger partial charge in [0.15, 0.2) is 0 Å². The number of nitrogens with zero attached hydrogens (tertiary/aromatic N) is 1. The first-order chi connectivity index (χ1) is 12.2. The predicted molar refractivity (Wildman–Crippen MR) is 97.0 cm³/mol. The molecule has 0 spiro atoms. The first kappa shape index (κ1) is 16.1. The third-order valence-corrected chi connectivity index (χ3v) is 5.82. The van der Waals surface area contributed by atoms with Crippen molar-refractivity contribution in [2.75, 3.05) is 0 Å². The Kier molecular flexibility index (Phi) is 4.43. The summed E-state index contributed by atoms with van der Waals surface area (Å²) in [6, 6.07) is 13.3. The highest BCUT2D eigenvalue weighted by molar-refractivity contribution is 5.79. The molecule has 2 aliphatic rings. The number of pyridine rings is 1. The quantitative estimate of drug-likeness (QED) is 0.913. The molecular weight excluding hydrogens is 312 g/mol. The zero-order valence-electron chi connectivity index (χ0n) is 14.4. The van der Waals surface area contributed by atoms with Crippen LogP contribution in [0.3, 0.4) is 0 Å². The molecule has 1 amide bonds. The topological polar surface area (TPSA) is 51.1 Å². The van der Waals surface area contributed by atoms with E-state index in [0.29, 0.717) is 19.0 Å². The summed E-state index contributed by atoms with van der Waals surface area (Å²) in [6.07, 6.45) is 6.69. The second-order valence-corrected chi connectivity index (χ2v) is 7.48. The highest BCUT2D eigenvalue weighted by atomic mass is 16.2. The van der Waals surface area contributed by atoms with E-state index in [-0.39, 0.29) is 17.4 Å². The predicted octanol–water partition coefficient (Wildman–Crippen LogP) is 2.95. The van der Waals surface area contributed by atoms with Gasteiger partial charge in [0, 0.05) is 24.7 Å². The maximum Gasteiger partial charge on any atom is 0.250 e. The minimum absolute atomic E-state index is 0.00435. The van der Waals surface area contributed by atoms with Crippen LogP contribution >= 0.6 is 0 Å². The van der Waals surface area contributed by atoms with Gasteiger partial charge in [-0.3, -0.25) is 9.59 Å². The molecule has 2 saturated carbocycles. The van der Waals surface area contributed by atoms with Crippen molar-refractivity contribution < 1.29 is 4.79 Å². The number of hydrogen-bond acceptors (Lipinski definition) is 2. The van der Waals surface area contributed by atoms with Crippen LogP contribution in [0.1, 0.15) is 36.8 Å². The molecule has 25 heavy (non-hydrogen) atoms. The molecule has 3 atom stereocenters. The standard InChI is InChI=1S/C21H24N2O2/c24-20-3-1-2-10-23(20)14-16-6-4-15(5-7-16)13-22-21(25)19-12-17-8-9-18(19)11-17/h1-7,10,17-19H,8-9,11-14H2,(H,22,25). The molecule has 4 nitrogen and oxygen atoms in total. The minimum Gasteiger partial charge on any atom is -0.352 e. The summed E-state index contributed by atoms with van der Waals surface area (Å²) >= 11 is 0. The van der Waals surface area contributed by atoms with Crippen LogP contribution in [0.2, 0.25) is 0 Å². The summed E-state index contributed by atoms with van der Waals surface area (Å²) in [5.41, 5.74) is 2.18. The number of aromatic nitrogens is 1. The van der Waals surface area contributed by atoms with Gasteiger partial charge < -0.3 is 9.88 Å². The third kappa shape index (κ3) is 3.53. The van der Waals surface area contributed by atoms with Crippen LogP contribution < -0.4 is 10.9 Å². The van der Waals surface area contributed by atoms with E-state index in [4.69, 9.17) is 0 Å². The van der Waals surface area contributed by atoms with Gasteiger partial charge in [-0.2, -0.15) is 0 Å². The number of carbonyl (C=O) groups excluding carboxylic acids is 1. The van der Waals surface area contributed by atoms with E-state index in [2.05, 4.69) is 5.32 Å². The van der Waals surface area contributed by atoms with E-state index >= 15 is 0 Å². The Hall–Kier alpha value is -2.36. The second kappa shape index (κ2) is 6.87. The van der Waals surface area contributed by atoms with Crippen molar-refractivity contribution in [2.24, 2.45) is 17.8 Å². The zero-order chi connectivity index (χ0) is 17.2. The van der Waals surface area contributed by atoms with E-state index < -0.39 is 0 Å². The summed E-state index contributed by atoms with van der Waals surface area (Å²) in [4.78, 5) is 24.2. The van der Waals surface area contributed by atoms with Crippen LogP contribution in [-0.4, -0.2) is 10.5 Å². The monoisotopic (exact) mass is 336 g/mol. The average molecular weight is 336 g/mol. The molecule has 0 aliphatic heterocycles. The molecule has 130 valence electrons. The van der Waals surface area contributed by atoms with Crippen molar-refractivity contribution in [1.29, 1.82) is 0 Å². The normalized spacial score (nSPS) is 24.4. The Morgan fingerprint density at radius 1 is 1.04 bits per heavy atom. The van der Waals surface area contributed by atoms with Gasteiger partial charge in [-0.15, -0.1) is 0 Å². The molecule has 4 heteroatoms. The molecule has 2 aliphatic carbocycles. The van der Waals surface area contributed by atoms with Crippen LogP contribution in [0, 0.1) is 17.8 Å². The van der Waals surface area contributed by atoms with Crippen molar-refractivity contribution in [3.05, 3.63) is 70.1 Å². The van der Waals surface area contributed by atoms with Crippen molar-refractivity contribution in [3.8, 4) is 0 Å². The fourth-order valence-electron chi connectivity index (χ4n) is 4.44. The van der Waals surface area contributed by atoms with Crippen LogP contribution in [0.15, 0.2) is 53.5 Å². The van der Waals surface area contributed by atoms with Gasteiger partial charge >= 0.3 is 0 Å². The summed E-state index contributed by atoms with van der Waals surface area (Å²) in [5.74, 6) is 1.88. The molecule has 3 unspecified atom stereocenters. The third-order valence-electron chi connectivity index (χ3n) is 5.82. The smallest absolute Gasteiger partial charge is 0.250 e. The molecule has 1 N–H and O–H groups in total. The van der Waals surface area contributed by atoms with Gasteiger partial charge in [-0.1, -0.05) is 36.8 Å². The molecule has 2 aromatic rings. The summed E-state index contributed by atoms with van der Waals surface area (Å²) < 4.78 is 1.69. The van der Waals surface area contributed by atoms with Gasteiger partial charge in [0.25, 0.3) is 5.56 Å². The van der Waals surface area contributed by atoms with Crippen LogP contribution in [0.25, 0.3) is 0 Å². The fraction of sp³-hybridized carbons (Fsp3) is 0.429. The molecule has 0 saturated heterocycles. The Morgan fingerprint density at radius 3 is 2.52 bits per heavy atom. The molecule has 1 aromatic heterocycles. The van der Waals surface area contributed by atoms with Crippen molar-refractivity contribution in [3.63, 3.8) is 0 Å². The number of benzene rings is 1. The summed E-state index contributed by atoms with van der Waals surface area (Å²) in [7, 11) is 0. The van der Waals surface area contributed by atoms with E-state index in [1.807, 2.05) is 30.3 Å². The lowest BCUT2D eigenvalue weighted by atomic mass is 9.88. The number of hydrogen-bond donors (Lipinski definition) is 1. The number of fused-ring (bicyclic) bond motifs is 2. The summed E-state index contributed by atoms with van der Waals surface area (Å²) in [5, 5.41) is 3.11.